The van der Waals surface area contributed by atoms with Crippen molar-refractivity contribution in [3.63, 3.8) is 0 Å². The zero-order valence-corrected chi connectivity index (χ0v) is 17.5. The summed E-state index contributed by atoms with van der Waals surface area (Å²) < 4.78 is 30.6. The van der Waals surface area contributed by atoms with Crippen molar-refractivity contribution in [1.82, 2.24) is 4.90 Å². The van der Waals surface area contributed by atoms with Crippen molar-refractivity contribution in [3.05, 3.63) is 58.6 Å². The highest BCUT2D eigenvalue weighted by Gasteiger charge is 2.23. The van der Waals surface area contributed by atoms with Crippen LogP contribution in [0, 0.1) is 6.92 Å². The first-order valence-corrected chi connectivity index (χ1v) is 10.5. The van der Waals surface area contributed by atoms with Gasteiger partial charge < -0.3 is 9.08 Å². The molecular formula is C20H24ClNO4S. The van der Waals surface area contributed by atoms with E-state index in [2.05, 4.69) is 0 Å². The van der Waals surface area contributed by atoms with E-state index in [1.807, 2.05) is 19.9 Å². The Hall–Kier alpha value is -2.05. The molecule has 0 saturated heterocycles. The minimum atomic E-state index is -4.07. The second-order valence-electron chi connectivity index (χ2n) is 6.47. The lowest BCUT2D eigenvalue weighted by Gasteiger charge is -2.27. The van der Waals surface area contributed by atoms with Crippen LogP contribution in [0.5, 0.6) is 5.75 Å². The molecule has 0 aliphatic rings. The average Bonchev–Trinajstić information content (AvgIpc) is 2.58. The maximum atomic E-state index is 12.7. The normalized spacial score (nSPS) is 12.5. The number of hydrogen-bond acceptors (Lipinski definition) is 4. The van der Waals surface area contributed by atoms with E-state index >= 15 is 0 Å². The molecule has 0 radical (unpaired) electrons. The van der Waals surface area contributed by atoms with Crippen molar-refractivity contribution in [2.75, 3.05) is 0 Å². The molecule has 0 aliphatic carbocycles. The molecule has 0 aromatic heterocycles. The van der Waals surface area contributed by atoms with Crippen LogP contribution in [0.2, 0.25) is 5.02 Å². The largest absolute Gasteiger partial charge is 0.379 e. The first kappa shape index (κ1) is 21.3. The summed E-state index contributed by atoms with van der Waals surface area (Å²) in [5.41, 5.74) is 1.30. The fraction of sp³-hybridized carbons (Fsp3) is 0.350. The summed E-state index contributed by atoms with van der Waals surface area (Å²) in [5, 5.41) is 0.116. The third-order valence-electron chi connectivity index (χ3n) is 4.40. The summed E-state index contributed by atoms with van der Waals surface area (Å²) in [7, 11) is -4.07. The maximum absolute atomic E-state index is 12.7. The van der Waals surface area contributed by atoms with Gasteiger partial charge in [0.25, 0.3) is 0 Å². The van der Waals surface area contributed by atoms with Gasteiger partial charge in [0.1, 0.15) is 10.6 Å². The van der Waals surface area contributed by atoms with E-state index in [1.54, 1.807) is 42.2 Å². The van der Waals surface area contributed by atoms with E-state index in [-0.39, 0.29) is 27.6 Å². The quantitative estimate of drug-likeness (QED) is 0.628. The topological polar surface area (TPSA) is 63.7 Å². The van der Waals surface area contributed by atoms with Crippen LogP contribution < -0.4 is 4.18 Å². The molecule has 0 aliphatic heterocycles. The van der Waals surface area contributed by atoms with Crippen LogP contribution in [-0.4, -0.2) is 25.3 Å². The smallest absolute Gasteiger partial charge is 0.340 e. The van der Waals surface area contributed by atoms with Gasteiger partial charge in [-0.05, 0) is 49.6 Å². The van der Waals surface area contributed by atoms with Crippen LogP contribution in [0.3, 0.4) is 0 Å². The van der Waals surface area contributed by atoms with Gasteiger partial charge in [0.2, 0.25) is 5.91 Å². The van der Waals surface area contributed by atoms with Crippen LogP contribution >= 0.6 is 11.6 Å². The number of amides is 1. The van der Waals surface area contributed by atoms with Gasteiger partial charge in [-0.2, -0.15) is 8.42 Å². The zero-order valence-electron chi connectivity index (χ0n) is 15.9. The fourth-order valence-corrected chi connectivity index (χ4v) is 4.51. The Bertz CT molecular complexity index is 907. The molecule has 0 spiro atoms. The summed E-state index contributed by atoms with van der Waals surface area (Å²) in [6.07, 6.45) is 0.829. The number of hydrogen-bond donors (Lipinski definition) is 0. The van der Waals surface area contributed by atoms with Crippen LogP contribution in [0.15, 0.2) is 47.4 Å². The van der Waals surface area contributed by atoms with Crippen LogP contribution in [0.1, 0.15) is 38.3 Å². The molecule has 1 atom stereocenters. The summed E-state index contributed by atoms with van der Waals surface area (Å²) >= 11 is 6.06. The van der Waals surface area contributed by atoms with Crippen molar-refractivity contribution in [1.29, 1.82) is 0 Å². The minimum Gasteiger partial charge on any atom is -0.379 e. The lowest BCUT2D eigenvalue weighted by molar-refractivity contribution is -0.131. The Kier molecular flexibility index (Phi) is 6.89. The van der Waals surface area contributed by atoms with Crippen LogP contribution in [0.4, 0.5) is 0 Å². The number of nitrogens with zero attached hydrogens (tertiary/aromatic N) is 1. The zero-order chi connectivity index (χ0) is 20.2. The first-order valence-electron chi connectivity index (χ1n) is 8.71. The number of carbonyl (C=O) groups is 1. The number of carbonyl (C=O) groups excluding carboxylic acids is 1. The number of aryl methyl sites for hydroxylation is 1. The molecule has 0 fully saturated rings. The molecule has 7 heteroatoms. The highest BCUT2D eigenvalue weighted by atomic mass is 35.5. The molecule has 0 N–H and O–H groups in total. The molecule has 0 heterocycles. The van der Waals surface area contributed by atoms with Crippen molar-refractivity contribution >= 4 is 27.6 Å². The standard InChI is InChI=1S/C20H24ClNO4S/c1-5-15(3)22(16(4)23)13-17-9-7-10-18(12-17)26-27(24,25)20-14(2)8-6-11-19(20)21/h6-12,15H,5,13H2,1-4H3. The van der Waals surface area contributed by atoms with Crippen molar-refractivity contribution in [2.45, 2.75) is 51.6 Å². The van der Waals surface area contributed by atoms with Gasteiger partial charge >= 0.3 is 10.1 Å². The highest BCUT2D eigenvalue weighted by Crippen LogP contribution is 2.28. The molecule has 5 nitrogen and oxygen atoms in total. The van der Waals surface area contributed by atoms with Crippen molar-refractivity contribution in [2.24, 2.45) is 0 Å². The second-order valence-corrected chi connectivity index (χ2v) is 8.37. The van der Waals surface area contributed by atoms with Gasteiger partial charge in [-0.1, -0.05) is 42.8 Å². The molecule has 146 valence electrons. The molecule has 0 saturated carbocycles. The lowest BCUT2D eigenvalue weighted by Crippen LogP contribution is -2.36. The van der Waals surface area contributed by atoms with E-state index in [1.165, 1.54) is 13.0 Å². The van der Waals surface area contributed by atoms with E-state index in [9.17, 15) is 13.2 Å². The number of benzene rings is 2. The minimum absolute atomic E-state index is 0.0324. The van der Waals surface area contributed by atoms with Gasteiger partial charge in [-0.15, -0.1) is 0 Å². The predicted molar refractivity (Wildman–Crippen MR) is 106 cm³/mol. The molecule has 2 aromatic rings. The maximum Gasteiger partial charge on any atom is 0.340 e. The summed E-state index contributed by atoms with van der Waals surface area (Å²) in [4.78, 5) is 13.6. The van der Waals surface area contributed by atoms with Gasteiger partial charge in [-0.3, -0.25) is 4.79 Å². The lowest BCUT2D eigenvalue weighted by atomic mass is 10.1. The number of halogens is 1. The van der Waals surface area contributed by atoms with Crippen molar-refractivity contribution in [3.8, 4) is 5.75 Å². The predicted octanol–water partition coefficient (Wildman–Crippen LogP) is 4.56. The Morgan fingerprint density at radius 3 is 2.48 bits per heavy atom. The van der Waals surface area contributed by atoms with E-state index in [0.29, 0.717) is 12.1 Å². The fourth-order valence-electron chi connectivity index (χ4n) is 2.79. The van der Waals surface area contributed by atoms with Gasteiger partial charge in [0.15, 0.2) is 0 Å². The highest BCUT2D eigenvalue weighted by molar-refractivity contribution is 7.87. The van der Waals surface area contributed by atoms with Gasteiger partial charge in [0, 0.05) is 19.5 Å². The molecule has 1 unspecified atom stereocenters. The SMILES string of the molecule is CCC(C)N(Cc1cccc(OS(=O)(=O)c2c(C)cccc2Cl)c1)C(C)=O. The molecule has 2 rings (SSSR count). The van der Waals surface area contributed by atoms with E-state index in [0.717, 1.165) is 12.0 Å². The molecule has 27 heavy (non-hydrogen) atoms. The summed E-state index contributed by atoms with van der Waals surface area (Å²) in [5.74, 6) is 0.148. The third kappa shape index (κ3) is 5.23. The van der Waals surface area contributed by atoms with Gasteiger partial charge in [-0.25, -0.2) is 0 Å². The average molecular weight is 410 g/mol. The van der Waals surface area contributed by atoms with Crippen LogP contribution in [-0.2, 0) is 21.5 Å². The van der Waals surface area contributed by atoms with E-state index in [4.69, 9.17) is 15.8 Å². The van der Waals surface area contributed by atoms with Crippen LogP contribution in [0.25, 0.3) is 0 Å². The van der Waals surface area contributed by atoms with Gasteiger partial charge in [0.05, 0.1) is 5.02 Å². The molecule has 0 bridgehead atoms. The Balaban J connectivity index is 2.29. The number of rotatable bonds is 7. The monoisotopic (exact) mass is 409 g/mol. The Morgan fingerprint density at radius 1 is 1.22 bits per heavy atom. The molecule has 1 amide bonds. The van der Waals surface area contributed by atoms with E-state index < -0.39 is 10.1 Å². The molecule has 2 aromatic carbocycles. The molecular weight excluding hydrogens is 386 g/mol. The Labute approximate surface area is 166 Å². The summed E-state index contributed by atoms with van der Waals surface area (Å²) in [6.45, 7) is 7.56. The first-order chi connectivity index (χ1) is 12.7. The second kappa shape index (κ2) is 8.76. The Morgan fingerprint density at radius 2 is 1.89 bits per heavy atom. The third-order valence-corrected chi connectivity index (χ3v) is 6.28. The van der Waals surface area contributed by atoms with Crippen molar-refractivity contribution < 1.29 is 17.4 Å². The summed E-state index contributed by atoms with van der Waals surface area (Å²) in [6, 6.07) is 11.7.